The van der Waals surface area contributed by atoms with E-state index in [1.165, 1.54) is 10.0 Å². The molecule has 0 aromatic heterocycles. The zero-order valence-corrected chi connectivity index (χ0v) is 10.7. The summed E-state index contributed by atoms with van der Waals surface area (Å²) < 4.78 is 6.20. The van der Waals surface area contributed by atoms with Gasteiger partial charge in [0.05, 0.1) is 0 Å². The molecule has 0 fully saturated rings. The fourth-order valence-corrected chi connectivity index (χ4v) is 2.65. The Labute approximate surface area is 98.4 Å². The van der Waals surface area contributed by atoms with Gasteiger partial charge in [-0.15, -0.1) is 0 Å². The van der Waals surface area contributed by atoms with Gasteiger partial charge >= 0.3 is 0 Å². The lowest BCUT2D eigenvalue weighted by molar-refractivity contribution is 0.200. The fraction of sp³-hybridized carbons (Fsp3) is 0.455. The van der Waals surface area contributed by atoms with Crippen molar-refractivity contribution in [1.82, 2.24) is 0 Å². The molecule has 1 nitrogen and oxygen atoms in total. The van der Waals surface area contributed by atoms with Gasteiger partial charge in [-0.25, -0.2) is 0 Å². The first-order valence-corrected chi connectivity index (χ1v) is 6.59. The smallest absolute Gasteiger partial charge is 0.0470 e. The number of benzene rings is 1. The van der Waals surface area contributed by atoms with Crippen molar-refractivity contribution in [2.75, 3.05) is 19.5 Å². The van der Waals surface area contributed by atoms with E-state index in [1.54, 1.807) is 7.11 Å². The Morgan fingerprint density at radius 2 is 2.14 bits per heavy atom. The lowest BCUT2D eigenvalue weighted by Gasteiger charge is -2.03. The van der Waals surface area contributed by atoms with Crippen molar-refractivity contribution in [3.8, 4) is 0 Å². The molecular weight excluding hydrogens is 260 g/mol. The van der Waals surface area contributed by atoms with Crippen molar-refractivity contribution < 1.29 is 4.74 Å². The Morgan fingerprint density at radius 1 is 1.36 bits per heavy atom. The van der Waals surface area contributed by atoms with E-state index >= 15 is 0 Å². The van der Waals surface area contributed by atoms with Crippen LogP contribution in [0.15, 0.2) is 28.7 Å². The van der Waals surface area contributed by atoms with Crippen LogP contribution in [0.1, 0.15) is 12.0 Å². The lowest BCUT2D eigenvalue weighted by Crippen LogP contribution is -1.91. The van der Waals surface area contributed by atoms with E-state index in [2.05, 4.69) is 34.1 Å². The fourth-order valence-electron chi connectivity index (χ4n) is 1.10. The molecule has 3 heteroatoms. The number of ether oxygens (including phenoxy) is 1. The van der Waals surface area contributed by atoms with E-state index in [0.717, 1.165) is 24.5 Å². The van der Waals surface area contributed by atoms with Crippen LogP contribution >= 0.6 is 27.7 Å². The van der Waals surface area contributed by atoms with Crippen molar-refractivity contribution in [2.45, 2.75) is 12.2 Å². The van der Waals surface area contributed by atoms with Crippen LogP contribution in [0, 0.1) is 0 Å². The second-order valence-corrected chi connectivity index (χ2v) is 4.95. The monoisotopic (exact) mass is 274 g/mol. The highest BCUT2D eigenvalue weighted by Crippen LogP contribution is 2.21. The molecule has 0 aliphatic carbocycles. The van der Waals surface area contributed by atoms with Gasteiger partial charge < -0.3 is 4.74 Å². The molecule has 1 aromatic rings. The first kappa shape index (κ1) is 12.1. The van der Waals surface area contributed by atoms with Gasteiger partial charge in [0.15, 0.2) is 0 Å². The highest BCUT2D eigenvalue weighted by molar-refractivity contribution is 9.10. The standard InChI is InChI=1S/C11H15BrOS/c1-13-7-4-8-14-9-10-5-2-3-6-11(10)12/h2-3,5-6H,4,7-9H2,1H3. The predicted molar refractivity (Wildman–Crippen MR) is 66.8 cm³/mol. The number of halogens is 1. The zero-order chi connectivity index (χ0) is 10.2. The molecular formula is C11H15BrOS. The summed E-state index contributed by atoms with van der Waals surface area (Å²) in [6.07, 6.45) is 1.13. The average molecular weight is 275 g/mol. The van der Waals surface area contributed by atoms with Crippen LogP contribution < -0.4 is 0 Å². The zero-order valence-electron chi connectivity index (χ0n) is 8.33. The molecule has 0 heterocycles. The lowest BCUT2D eigenvalue weighted by atomic mass is 10.2. The van der Waals surface area contributed by atoms with Crippen LogP contribution in [0.2, 0.25) is 0 Å². The maximum absolute atomic E-state index is 5.00. The number of hydrogen-bond acceptors (Lipinski definition) is 2. The summed E-state index contributed by atoms with van der Waals surface area (Å²) in [4.78, 5) is 0. The van der Waals surface area contributed by atoms with E-state index in [4.69, 9.17) is 4.74 Å². The maximum atomic E-state index is 5.00. The van der Waals surface area contributed by atoms with Gasteiger partial charge in [-0.05, 0) is 23.8 Å². The first-order valence-electron chi connectivity index (χ1n) is 4.64. The SMILES string of the molecule is COCCCSCc1ccccc1Br. The van der Waals surface area contributed by atoms with Crippen molar-refractivity contribution in [3.63, 3.8) is 0 Å². The van der Waals surface area contributed by atoms with Gasteiger partial charge in [-0.1, -0.05) is 34.1 Å². The molecule has 0 radical (unpaired) electrons. The Hall–Kier alpha value is 0.01000. The van der Waals surface area contributed by atoms with Crippen molar-refractivity contribution in [3.05, 3.63) is 34.3 Å². The summed E-state index contributed by atoms with van der Waals surface area (Å²) >= 11 is 5.49. The predicted octanol–water partition coefficient (Wildman–Crippen LogP) is 3.72. The maximum Gasteiger partial charge on any atom is 0.0470 e. The van der Waals surface area contributed by atoms with Crippen LogP contribution in [-0.4, -0.2) is 19.5 Å². The second-order valence-electron chi connectivity index (χ2n) is 2.99. The summed E-state index contributed by atoms with van der Waals surface area (Å²) in [5.41, 5.74) is 1.37. The Bertz CT molecular complexity index is 265. The third kappa shape index (κ3) is 4.49. The third-order valence-electron chi connectivity index (χ3n) is 1.85. The van der Waals surface area contributed by atoms with Gasteiger partial charge in [0, 0.05) is 23.9 Å². The summed E-state index contributed by atoms with van der Waals surface area (Å²) in [6, 6.07) is 8.37. The largest absolute Gasteiger partial charge is 0.385 e. The Morgan fingerprint density at radius 3 is 2.86 bits per heavy atom. The summed E-state index contributed by atoms with van der Waals surface area (Å²) in [5.74, 6) is 2.24. The van der Waals surface area contributed by atoms with Crippen molar-refractivity contribution in [2.24, 2.45) is 0 Å². The van der Waals surface area contributed by atoms with E-state index in [-0.39, 0.29) is 0 Å². The molecule has 0 atom stereocenters. The molecule has 0 unspecified atom stereocenters. The summed E-state index contributed by atoms with van der Waals surface area (Å²) in [5, 5.41) is 0. The number of hydrogen-bond donors (Lipinski definition) is 0. The molecule has 14 heavy (non-hydrogen) atoms. The van der Waals surface area contributed by atoms with Gasteiger partial charge in [0.25, 0.3) is 0 Å². The topological polar surface area (TPSA) is 9.23 Å². The van der Waals surface area contributed by atoms with Crippen LogP contribution in [0.3, 0.4) is 0 Å². The van der Waals surface area contributed by atoms with Gasteiger partial charge in [0.1, 0.15) is 0 Å². The van der Waals surface area contributed by atoms with E-state index in [9.17, 15) is 0 Å². The molecule has 0 bridgehead atoms. The molecule has 0 saturated carbocycles. The van der Waals surface area contributed by atoms with Gasteiger partial charge in [-0.2, -0.15) is 11.8 Å². The number of thioether (sulfide) groups is 1. The minimum absolute atomic E-state index is 0.864. The highest BCUT2D eigenvalue weighted by atomic mass is 79.9. The third-order valence-corrected chi connectivity index (χ3v) is 3.72. The first-order chi connectivity index (χ1) is 6.84. The summed E-state index contributed by atoms with van der Waals surface area (Å²) in [7, 11) is 1.75. The second kappa shape index (κ2) is 7.32. The van der Waals surface area contributed by atoms with E-state index in [0.29, 0.717) is 0 Å². The van der Waals surface area contributed by atoms with Crippen molar-refractivity contribution in [1.29, 1.82) is 0 Å². The van der Waals surface area contributed by atoms with Crippen LogP contribution in [0.25, 0.3) is 0 Å². The molecule has 1 aromatic carbocycles. The highest BCUT2D eigenvalue weighted by Gasteiger charge is 1.97. The van der Waals surface area contributed by atoms with E-state index < -0.39 is 0 Å². The quantitative estimate of drug-likeness (QED) is 0.732. The van der Waals surface area contributed by atoms with Crippen LogP contribution in [0.5, 0.6) is 0 Å². The molecule has 0 aliphatic heterocycles. The van der Waals surface area contributed by atoms with Crippen LogP contribution in [-0.2, 0) is 10.5 Å². The minimum Gasteiger partial charge on any atom is -0.385 e. The average Bonchev–Trinajstić information content (AvgIpc) is 2.20. The molecule has 0 spiro atoms. The normalized spacial score (nSPS) is 10.4. The van der Waals surface area contributed by atoms with Crippen molar-refractivity contribution >= 4 is 27.7 Å². The number of methoxy groups -OCH3 is 1. The molecule has 0 N–H and O–H groups in total. The van der Waals surface area contributed by atoms with Gasteiger partial charge in [-0.3, -0.25) is 0 Å². The minimum atomic E-state index is 0.864. The molecule has 78 valence electrons. The molecule has 0 aliphatic rings. The molecule has 1 rings (SSSR count). The van der Waals surface area contributed by atoms with Crippen LogP contribution in [0.4, 0.5) is 0 Å². The number of rotatable bonds is 6. The van der Waals surface area contributed by atoms with Gasteiger partial charge in [0.2, 0.25) is 0 Å². The summed E-state index contributed by atoms with van der Waals surface area (Å²) in [6.45, 7) is 0.864. The van der Waals surface area contributed by atoms with E-state index in [1.807, 2.05) is 17.8 Å². The molecule has 0 amide bonds. The Kier molecular flexibility index (Phi) is 6.32. The Balaban J connectivity index is 2.21. The molecule has 0 saturated heterocycles.